The lowest BCUT2D eigenvalue weighted by Gasteiger charge is -2.12. The van der Waals surface area contributed by atoms with Crippen LogP contribution >= 0.6 is 11.8 Å². The molecule has 2 N–H and O–H groups in total. The third kappa shape index (κ3) is 4.11. The molecule has 0 spiro atoms. The minimum absolute atomic E-state index is 0.143. The smallest absolute Gasteiger partial charge is 0.415 e. The van der Waals surface area contributed by atoms with Crippen molar-refractivity contribution in [3.8, 4) is 17.1 Å². The fraction of sp³-hybridized carbons (Fsp3) is 0.333. The van der Waals surface area contributed by atoms with Crippen LogP contribution in [-0.4, -0.2) is 45.4 Å². The first-order valence-electron chi connectivity index (χ1n) is 5.84. The number of benzene rings is 1. The zero-order chi connectivity index (χ0) is 15.5. The number of alkyl halides is 3. The molecule has 114 valence electrons. The maximum Gasteiger partial charge on any atom is 0.415 e. The Morgan fingerprint density at radius 2 is 2.00 bits per heavy atom. The monoisotopic (exact) mass is 319 g/mol. The van der Waals surface area contributed by atoms with E-state index in [1.54, 1.807) is 31.4 Å². The van der Waals surface area contributed by atoms with Gasteiger partial charge in [0.25, 0.3) is 0 Å². The quantitative estimate of drug-likeness (QED) is 0.829. The number of hydrogen-bond acceptors (Lipinski definition) is 5. The number of hydrogen-bond donors (Lipinski definition) is 2. The molecular formula is C12H12F3N3O2S. The van der Waals surface area contributed by atoms with Gasteiger partial charge in [0.2, 0.25) is 5.16 Å². The summed E-state index contributed by atoms with van der Waals surface area (Å²) in [4.78, 5) is 4.07. The molecule has 0 fully saturated rings. The highest BCUT2D eigenvalue weighted by atomic mass is 32.2. The van der Waals surface area contributed by atoms with Gasteiger partial charge in [-0.1, -0.05) is 11.8 Å². The second kappa shape index (κ2) is 6.35. The number of nitrogens with zero attached hydrogens (tertiary/aromatic N) is 2. The van der Waals surface area contributed by atoms with E-state index in [4.69, 9.17) is 9.84 Å². The predicted octanol–water partition coefficient (Wildman–Crippen LogP) is 2.50. The topological polar surface area (TPSA) is 71.0 Å². The highest BCUT2D eigenvalue weighted by molar-refractivity contribution is 7.99. The predicted molar refractivity (Wildman–Crippen MR) is 71.2 cm³/mol. The number of aliphatic hydroxyl groups excluding tert-OH is 1. The van der Waals surface area contributed by atoms with Crippen LogP contribution in [0.25, 0.3) is 11.4 Å². The second-order valence-electron chi connectivity index (χ2n) is 4.06. The summed E-state index contributed by atoms with van der Waals surface area (Å²) < 4.78 is 41.5. The number of aromatic amines is 1. The molecule has 2 aromatic rings. The van der Waals surface area contributed by atoms with E-state index in [1.165, 1.54) is 0 Å². The van der Waals surface area contributed by atoms with Crippen LogP contribution in [0.5, 0.6) is 5.75 Å². The number of ether oxygens (including phenoxy) is 1. The molecule has 0 aliphatic carbocycles. The molecule has 0 aliphatic heterocycles. The lowest BCUT2D eigenvalue weighted by atomic mass is 10.2. The van der Waals surface area contributed by atoms with Gasteiger partial charge >= 0.3 is 6.18 Å². The van der Waals surface area contributed by atoms with E-state index in [2.05, 4.69) is 15.2 Å². The van der Waals surface area contributed by atoms with Crippen LogP contribution in [-0.2, 0) is 0 Å². The number of halogens is 3. The number of nitrogens with one attached hydrogen (secondary N) is 1. The third-order valence-corrected chi connectivity index (χ3v) is 3.50. The number of rotatable bonds is 5. The van der Waals surface area contributed by atoms with Crippen molar-refractivity contribution in [2.45, 2.75) is 17.4 Å². The number of H-pyrrole nitrogens is 1. The van der Waals surface area contributed by atoms with Crippen LogP contribution in [0.4, 0.5) is 13.2 Å². The normalized spacial score (nSPS) is 13.2. The second-order valence-corrected chi connectivity index (χ2v) is 5.05. The van der Waals surface area contributed by atoms with Crippen molar-refractivity contribution < 1.29 is 23.0 Å². The van der Waals surface area contributed by atoms with E-state index >= 15 is 0 Å². The maximum absolute atomic E-state index is 12.2. The van der Waals surface area contributed by atoms with Crippen molar-refractivity contribution in [1.29, 1.82) is 0 Å². The molecule has 0 bridgehead atoms. The highest BCUT2D eigenvalue weighted by Gasteiger charge is 2.38. The summed E-state index contributed by atoms with van der Waals surface area (Å²) in [6.45, 7) is 0. The lowest BCUT2D eigenvalue weighted by Crippen LogP contribution is -2.30. The lowest BCUT2D eigenvalue weighted by molar-refractivity contribution is -0.195. The molecule has 0 radical (unpaired) electrons. The van der Waals surface area contributed by atoms with Crippen LogP contribution in [0, 0.1) is 0 Å². The summed E-state index contributed by atoms with van der Waals surface area (Å²) in [5, 5.41) is 15.5. The van der Waals surface area contributed by atoms with Crippen molar-refractivity contribution in [3.63, 3.8) is 0 Å². The van der Waals surface area contributed by atoms with Crippen molar-refractivity contribution >= 4 is 11.8 Å². The summed E-state index contributed by atoms with van der Waals surface area (Å²) in [7, 11) is 1.55. The van der Waals surface area contributed by atoms with Crippen molar-refractivity contribution in [1.82, 2.24) is 15.2 Å². The fourth-order valence-corrected chi connectivity index (χ4v) is 2.20. The molecule has 1 unspecified atom stereocenters. The van der Waals surface area contributed by atoms with Crippen LogP contribution < -0.4 is 4.74 Å². The first-order chi connectivity index (χ1) is 9.90. The first kappa shape index (κ1) is 15.6. The van der Waals surface area contributed by atoms with Gasteiger partial charge in [-0.05, 0) is 24.3 Å². The Morgan fingerprint density at radius 1 is 1.33 bits per heavy atom. The van der Waals surface area contributed by atoms with Crippen LogP contribution in [0.3, 0.4) is 0 Å². The zero-order valence-corrected chi connectivity index (χ0v) is 11.7. The molecule has 1 aromatic carbocycles. The standard InChI is InChI=1S/C12H12F3N3O2S/c1-20-8-4-2-7(3-5-8)10-16-11(18-17-10)21-6-9(19)12(13,14)15/h2-5,9,19H,6H2,1H3,(H,16,17,18). The molecule has 1 heterocycles. The molecule has 1 atom stereocenters. The molecule has 5 nitrogen and oxygen atoms in total. The van der Waals surface area contributed by atoms with Crippen molar-refractivity contribution in [3.05, 3.63) is 24.3 Å². The Kier molecular flexibility index (Phi) is 4.73. The van der Waals surface area contributed by atoms with Crippen LogP contribution in [0.2, 0.25) is 0 Å². The number of thioether (sulfide) groups is 1. The zero-order valence-electron chi connectivity index (χ0n) is 10.9. The Balaban J connectivity index is 2.01. The average molecular weight is 319 g/mol. The highest BCUT2D eigenvalue weighted by Crippen LogP contribution is 2.26. The van der Waals surface area contributed by atoms with Crippen molar-refractivity contribution in [2.24, 2.45) is 0 Å². The van der Waals surface area contributed by atoms with Gasteiger partial charge in [0, 0.05) is 11.3 Å². The summed E-state index contributed by atoms with van der Waals surface area (Å²) in [6.07, 6.45) is -7.03. The van der Waals surface area contributed by atoms with Crippen LogP contribution in [0.1, 0.15) is 0 Å². The third-order valence-electron chi connectivity index (χ3n) is 2.58. The molecule has 9 heteroatoms. The van der Waals surface area contributed by atoms with Crippen LogP contribution in [0.15, 0.2) is 29.4 Å². The Hall–Kier alpha value is -1.74. The van der Waals surface area contributed by atoms with E-state index in [0.29, 0.717) is 11.6 Å². The molecular weight excluding hydrogens is 307 g/mol. The number of methoxy groups -OCH3 is 1. The summed E-state index contributed by atoms with van der Waals surface area (Å²) in [5.74, 6) is 0.562. The Morgan fingerprint density at radius 3 is 2.57 bits per heavy atom. The van der Waals surface area contributed by atoms with Gasteiger partial charge in [-0.2, -0.15) is 13.2 Å². The fourth-order valence-electron chi connectivity index (χ4n) is 1.44. The number of aliphatic hydroxyl groups is 1. The van der Waals surface area contributed by atoms with Gasteiger partial charge in [-0.25, -0.2) is 4.98 Å². The molecule has 0 saturated carbocycles. The van der Waals surface area contributed by atoms with Gasteiger partial charge in [0.1, 0.15) is 5.75 Å². The molecule has 21 heavy (non-hydrogen) atoms. The van der Waals surface area contributed by atoms with E-state index in [9.17, 15) is 13.2 Å². The number of aromatic nitrogens is 3. The van der Waals surface area contributed by atoms with E-state index in [0.717, 1.165) is 17.3 Å². The Labute approximate surface area is 122 Å². The first-order valence-corrected chi connectivity index (χ1v) is 6.83. The molecule has 0 aliphatic rings. The molecule has 0 saturated heterocycles. The van der Waals surface area contributed by atoms with E-state index < -0.39 is 18.0 Å². The van der Waals surface area contributed by atoms with Gasteiger partial charge in [0.15, 0.2) is 11.9 Å². The molecule has 2 rings (SSSR count). The van der Waals surface area contributed by atoms with Gasteiger partial charge in [-0.15, -0.1) is 5.10 Å². The minimum Gasteiger partial charge on any atom is -0.497 e. The molecule has 0 amide bonds. The summed E-state index contributed by atoms with van der Waals surface area (Å²) in [6, 6.07) is 6.97. The molecule has 1 aromatic heterocycles. The minimum atomic E-state index is -4.64. The average Bonchev–Trinajstić information content (AvgIpc) is 2.92. The van der Waals surface area contributed by atoms with Crippen molar-refractivity contribution in [2.75, 3.05) is 12.9 Å². The largest absolute Gasteiger partial charge is 0.497 e. The van der Waals surface area contributed by atoms with Gasteiger partial charge in [0.05, 0.1) is 7.11 Å². The maximum atomic E-state index is 12.2. The Bertz CT molecular complexity index is 586. The SMILES string of the molecule is COc1ccc(-c2nc(SCC(O)C(F)(F)F)n[nH]2)cc1. The summed E-state index contributed by atoms with van der Waals surface area (Å²) >= 11 is 0.730. The summed E-state index contributed by atoms with van der Waals surface area (Å²) in [5.41, 5.74) is 0.728. The van der Waals surface area contributed by atoms with E-state index in [-0.39, 0.29) is 5.16 Å². The van der Waals surface area contributed by atoms with E-state index in [1.807, 2.05) is 0 Å². The van der Waals surface area contributed by atoms with Gasteiger partial charge < -0.3 is 9.84 Å². The van der Waals surface area contributed by atoms with Gasteiger partial charge in [-0.3, -0.25) is 5.10 Å².